The Morgan fingerprint density at radius 2 is 1.85 bits per heavy atom. The zero-order valence-electron chi connectivity index (χ0n) is 21.1. The van der Waals surface area contributed by atoms with E-state index in [0.29, 0.717) is 30.1 Å². The highest BCUT2D eigenvalue weighted by atomic mass is 19.3. The van der Waals surface area contributed by atoms with Gasteiger partial charge in [0.05, 0.1) is 0 Å². The second-order valence-electron chi connectivity index (χ2n) is 12.2. The molecule has 4 aliphatic carbocycles. The fraction of sp³-hybridized carbons (Fsp3) is 0.857. The van der Waals surface area contributed by atoms with Gasteiger partial charge in [0.15, 0.2) is 5.78 Å². The first kappa shape index (κ1) is 24.9. The molecule has 0 aromatic carbocycles. The maximum atomic E-state index is 14.0. The van der Waals surface area contributed by atoms with Crippen LogP contribution in [0, 0.1) is 40.4 Å². The largest absolute Gasteiger partial charge is 0.462 e. The van der Waals surface area contributed by atoms with Gasteiger partial charge in [0.2, 0.25) is 0 Å². The molecule has 33 heavy (non-hydrogen) atoms. The van der Waals surface area contributed by atoms with Crippen LogP contribution in [-0.4, -0.2) is 23.8 Å². The lowest BCUT2D eigenvalue weighted by Crippen LogP contribution is -2.51. The summed E-state index contributed by atoms with van der Waals surface area (Å²) in [5.74, 6) is -1.71. The van der Waals surface area contributed by atoms with Crippen molar-refractivity contribution in [2.24, 2.45) is 40.4 Å². The molecule has 0 aliphatic heterocycles. The van der Waals surface area contributed by atoms with Gasteiger partial charge in [-0.15, -0.1) is 0 Å². The van der Waals surface area contributed by atoms with E-state index in [-0.39, 0.29) is 35.2 Å². The highest BCUT2D eigenvalue weighted by Crippen LogP contribution is 2.67. The van der Waals surface area contributed by atoms with Crippen molar-refractivity contribution in [3.8, 4) is 0 Å². The number of Topliss-reactive ketones (excluding diaryl/α,β-unsaturated/α-hetero) is 1. The van der Waals surface area contributed by atoms with Crippen LogP contribution >= 0.6 is 0 Å². The van der Waals surface area contributed by atoms with Crippen molar-refractivity contribution in [3.05, 3.63) is 11.6 Å². The van der Waals surface area contributed by atoms with Gasteiger partial charge in [0.25, 0.3) is 0 Å². The van der Waals surface area contributed by atoms with Crippen molar-refractivity contribution in [2.75, 3.05) is 0 Å². The number of ether oxygens (including phenoxy) is 1. The van der Waals surface area contributed by atoms with Crippen LogP contribution in [0.5, 0.6) is 0 Å². The van der Waals surface area contributed by atoms with E-state index in [0.717, 1.165) is 39.0 Å². The number of hydrogen-bond donors (Lipinski definition) is 0. The minimum absolute atomic E-state index is 0.0251. The predicted molar refractivity (Wildman–Crippen MR) is 125 cm³/mol. The van der Waals surface area contributed by atoms with Crippen molar-refractivity contribution in [1.82, 2.24) is 0 Å². The zero-order chi connectivity index (χ0) is 24.2. The topological polar surface area (TPSA) is 43.4 Å². The van der Waals surface area contributed by atoms with Crippen LogP contribution in [0.25, 0.3) is 0 Å². The van der Waals surface area contributed by atoms with E-state index in [2.05, 4.69) is 26.8 Å². The molecule has 0 N–H and O–H groups in total. The first-order chi connectivity index (χ1) is 15.4. The van der Waals surface area contributed by atoms with E-state index in [9.17, 15) is 18.4 Å². The molecule has 4 rings (SSSR count). The van der Waals surface area contributed by atoms with Crippen molar-refractivity contribution in [1.29, 1.82) is 0 Å². The molecule has 8 unspecified atom stereocenters. The summed E-state index contributed by atoms with van der Waals surface area (Å²) < 4.78 is 33.5. The van der Waals surface area contributed by atoms with E-state index in [1.807, 2.05) is 0 Å². The summed E-state index contributed by atoms with van der Waals surface area (Å²) in [5, 5.41) is 0. The van der Waals surface area contributed by atoms with Crippen LogP contribution in [0.2, 0.25) is 0 Å². The van der Waals surface area contributed by atoms with Gasteiger partial charge in [-0.2, -0.15) is 8.78 Å². The number of halogens is 2. The smallest absolute Gasteiger partial charge is 0.304 e. The third kappa shape index (κ3) is 4.31. The van der Waals surface area contributed by atoms with E-state index in [4.69, 9.17) is 4.74 Å². The summed E-state index contributed by atoms with van der Waals surface area (Å²) in [7, 11) is 0. The van der Waals surface area contributed by atoms with Crippen LogP contribution in [0.4, 0.5) is 8.78 Å². The highest BCUT2D eigenvalue weighted by molar-refractivity contribution is 5.82. The second kappa shape index (κ2) is 8.75. The molecule has 3 nitrogen and oxygen atoms in total. The number of esters is 1. The van der Waals surface area contributed by atoms with Crippen molar-refractivity contribution in [3.63, 3.8) is 0 Å². The molecular formula is C28H42F2O3. The molecule has 5 heteroatoms. The maximum absolute atomic E-state index is 14.0. The molecule has 0 heterocycles. The molecule has 3 fully saturated rings. The normalized spacial score (nSPS) is 41.3. The van der Waals surface area contributed by atoms with Crippen LogP contribution in [0.15, 0.2) is 11.6 Å². The number of carbonyl (C=O) groups is 2. The lowest BCUT2D eigenvalue weighted by molar-refractivity contribution is -0.148. The number of allylic oxidation sites excluding steroid dienone is 1. The fourth-order valence-corrected chi connectivity index (χ4v) is 8.72. The number of alkyl halides is 2. The summed E-state index contributed by atoms with van der Waals surface area (Å²) in [6.07, 6.45) is 11.3. The van der Waals surface area contributed by atoms with Gasteiger partial charge in [-0.05, 0) is 91.8 Å². The monoisotopic (exact) mass is 464 g/mol. The quantitative estimate of drug-likeness (QED) is 0.310. The molecule has 0 bridgehead atoms. The van der Waals surface area contributed by atoms with E-state index >= 15 is 0 Å². The average molecular weight is 465 g/mol. The minimum atomic E-state index is -3.19. The summed E-state index contributed by atoms with van der Waals surface area (Å²) >= 11 is 0. The summed E-state index contributed by atoms with van der Waals surface area (Å²) in [6.45, 7) is 9.52. The lowest BCUT2D eigenvalue weighted by Gasteiger charge is -2.58. The molecule has 0 amide bonds. The fourth-order valence-electron chi connectivity index (χ4n) is 8.72. The number of rotatable bonds is 6. The van der Waals surface area contributed by atoms with Crippen LogP contribution < -0.4 is 0 Å². The Bertz CT molecular complexity index is 820. The van der Waals surface area contributed by atoms with Gasteiger partial charge in [-0.25, -0.2) is 0 Å². The molecular weight excluding hydrogens is 422 g/mol. The van der Waals surface area contributed by atoms with E-state index in [1.165, 1.54) is 31.8 Å². The Morgan fingerprint density at radius 3 is 2.52 bits per heavy atom. The zero-order valence-corrected chi connectivity index (χ0v) is 21.1. The summed E-state index contributed by atoms with van der Waals surface area (Å²) in [4.78, 5) is 22.7. The van der Waals surface area contributed by atoms with Crippen molar-refractivity contribution >= 4 is 11.8 Å². The van der Waals surface area contributed by atoms with E-state index in [1.54, 1.807) is 0 Å². The molecule has 0 aromatic rings. The maximum Gasteiger partial charge on any atom is 0.304 e. The van der Waals surface area contributed by atoms with Gasteiger partial charge in [0, 0.05) is 26.7 Å². The number of ketones is 1. The third-order valence-corrected chi connectivity index (χ3v) is 10.6. The summed E-state index contributed by atoms with van der Waals surface area (Å²) in [5.41, 5.74) is 1.91. The standard InChI is InChI=1S/C28H42F2O3/c1-17(10-15-28(29,30)18(2)31)23-8-9-24-22-7-6-20-16-21(33-19(3)32)11-13-26(20,4)25(22)12-14-27(23,24)5/h6,17,21-25H,7-16H2,1-5H3. The van der Waals surface area contributed by atoms with Crippen molar-refractivity contribution in [2.45, 2.75) is 111 Å². The predicted octanol–water partition coefficient (Wildman–Crippen LogP) is 7.14. The lowest BCUT2D eigenvalue weighted by atomic mass is 9.47. The Labute approximate surface area is 198 Å². The third-order valence-electron chi connectivity index (χ3n) is 10.6. The molecule has 8 atom stereocenters. The molecule has 0 saturated heterocycles. The second-order valence-corrected chi connectivity index (χ2v) is 12.2. The molecule has 0 aromatic heterocycles. The van der Waals surface area contributed by atoms with Gasteiger partial charge in [0.1, 0.15) is 6.10 Å². The molecule has 3 saturated carbocycles. The van der Waals surface area contributed by atoms with Gasteiger partial charge in [-0.3, -0.25) is 9.59 Å². The molecule has 4 aliphatic rings. The molecule has 0 radical (unpaired) electrons. The van der Waals surface area contributed by atoms with Crippen LogP contribution in [0.3, 0.4) is 0 Å². The number of hydrogen-bond acceptors (Lipinski definition) is 3. The minimum Gasteiger partial charge on any atom is -0.462 e. The first-order valence-corrected chi connectivity index (χ1v) is 13.1. The van der Waals surface area contributed by atoms with E-state index < -0.39 is 11.7 Å². The average Bonchev–Trinajstić information content (AvgIpc) is 3.09. The van der Waals surface area contributed by atoms with Gasteiger partial charge >= 0.3 is 11.9 Å². The van der Waals surface area contributed by atoms with Gasteiger partial charge in [-0.1, -0.05) is 32.4 Å². The number of carbonyl (C=O) groups excluding carboxylic acids is 2. The summed E-state index contributed by atoms with van der Waals surface area (Å²) in [6, 6.07) is 0. The Balaban J connectivity index is 1.47. The van der Waals surface area contributed by atoms with Crippen molar-refractivity contribution < 1.29 is 23.1 Å². The Hall–Kier alpha value is -1.26. The van der Waals surface area contributed by atoms with Gasteiger partial charge < -0.3 is 4.74 Å². The Kier molecular flexibility index (Phi) is 6.59. The highest BCUT2D eigenvalue weighted by Gasteiger charge is 2.59. The molecule has 186 valence electrons. The van der Waals surface area contributed by atoms with Crippen LogP contribution in [-0.2, 0) is 14.3 Å². The Morgan fingerprint density at radius 1 is 1.12 bits per heavy atom. The number of fused-ring (bicyclic) bond motifs is 5. The molecule has 0 spiro atoms. The first-order valence-electron chi connectivity index (χ1n) is 13.1. The van der Waals surface area contributed by atoms with Crippen LogP contribution in [0.1, 0.15) is 98.8 Å². The SMILES string of the molecule is CC(=O)OC1CCC2(C)C(=CCC3C2CCC2(C)C(C(C)CCC(F)(F)C(C)=O)CCC32)C1.